The van der Waals surface area contributed by atoms with Gasteiger partial charge in [0.05, 0.1) is 10.5 Å². The molecule has 0 atom stereocenters. The van der Waals surface area contributed by atoms with Crippen LogP contribution in [0.15, 0.2) is 23.1 Å². The van der Waals surface area contributed by atoms with Crippen LogP contribution in [0.3, 0.4) is 0 Å². The maximum atomic E-state index is 13.8. The Hall–Kier alpha value is -1.27. The Morgan fingerprint density at radius 3 is 2.05 bits per heavy atom. The number of benzene rings is 1. The highest BCUT2D eigenvalue weighted by molar-refractivity contribution is 7.89. The molecule has 0 bridgehead atoms. The van der Waals surface area contributed by atoms with Crippen LogP contribution >= 0.6 is 0 Å². The molecule has 0 amide bonds. The van der Waals surface area contributed by atoms with E-state index in [-0.39, 0.29) is 10.5 Å². The minimum absolute atomic E-state index is 0.119. The Kier molecular flexibility index (Phi) is 4.65. The fourth-order valence-electron chi connectivity index (χ4n) is 1.71. The molecule has 0 saturated carbocycles. The Morgan fingerprint density at radius 1 is 1.10 bits per heavy atom. The number of hydrogen-bond acceptors (Lipinski definition) is 3. The molecular formula is C15H22FNO3S. The van der Waals surface area contributed by atoms with Crippen molar-refractivity contribution in [2.24, 2.45) is 5.41 Å². The van der Waals surface area contributed by atoms with Gasteiger partial charge in [0, 0.05) is 11.0 Å². The standard InChI is InChI=1S/C15H22FNO3S/c1-14(2,3)13(18)11-9-10(7-8-12(11)16)21(19,20)17-15(4,5)6/h7-9,17H,1-6H3. The molecule has 1 aromatic rings. The topological polar surface area (TPSA) is 63.2 Å². The molecule has 1 aromatic carbocycles. The molecule has 118 valence electrons. The first-order chi connectivity index (χ1) is 9.24. The molecular weight excluding hydrogens is 293 g/mol. The third-order valence-electron chi connectivity index (χ3n) is 2.61. The summed E-state index contributed by atoms with van der Waals surface area (Å²) in [6.45, 7) is 10.1. The molecule has 21 heavy (non-hydrogen) atoms. The lowest BCUT2D eigenvalue weighted by Crippen LogP contribution is -2.40. The lowest BCUT2D eigenvalue weighted by molar-refractivity contribution is 0.0853. The largest absolute Gasteiger partial charge is 0.293 e. The first kappa shape index (κ1) is 17.8. The lowest BCUT2D eigenvalue weighted by Gasteiger charge is -2.21. The SMILES string of the molecule is CC(C)(C)NS(=O)(=O)c1ccc(F)c(C(=O)C(C)(C)C)c1. The monoisotopic (exact) mass is 315 g/mol. The predicted octanol–water partition coefficient (Wildman–Crippen LogP) is 3.13. The molecule has 0 saturated heterocycles. The second-order valence-electron chi connectivity index (χ2n) is 7.08. The van der Waals surface area contributed by atoms with Gasteiger partial charge in [0.1, 0.15) is 5.82 Å². The summed E-state index contributed by atoms with van der Waals surface area (Å²) in [5.74, 6) is -1.16. The summed E-state index contributed by atoms with van der Waals surface area (Å²) in [4.78, 5) is 12.1. The molecule has 0 unspecified atom stereocenters. The summed E-state index contributed by atoms with van der Waals surface area (Å²) in [6.07, 6.45) is 0. The van der Waals surface area contributed by atoms with Gasteiger partial charge in [-0.05, 0) is 39.0 Å². The second-order valence-corrected chi connectivity index (χ2v) is 8.76. The van der Waals surface area contributed by atoms with Gasteiger partial charge in [0.25, 0.3) is 0 Å². The highest BCUT2D eigenvalue weighted by Gasteiger charge is 2.28. The van der Waals surface area contributed by atoms with Crippen molar-refractivity contribution in [1.29, 1.82) is 0 Å². The van der Waals surface area contributed by atoms with Gasteiger partial charge in [-0.15, -0.1) is 0 Å². The maximum absolute atomic E-state index is 13.8. The van der Waals surface area contributed by atoms with Crippen molar-refractivity contribution in [2.45, 2.75) is 52.0 Å². The first-order valence-electron chi connectivity index (χ1n) is 6.62. The Balaban J connectivity index is 3.34. The smallest absolute Gasteiger partial charge is 0.241 e. The highest BCUT2D eigenvalue weighted by atomic mass is 32.2. The van der Waals surface area contributed by atoms with E-state index in [0.717, 1.165) is 18.2 Å². The molecule has 0 radical (unpaired) electrons. The van der Waals surface area contributed by atoms with Crippen molar-refractivity contribution < 1.29 is 17.6 Å². The summed E-state index contributed by atoms with van der Waals surface area (Å²) in [6, 6.07) is 3.26. The summed E-state index contributed by atoms with van der Waals surface area (Å²) in [5, 5.41) is 0. The van der Waals surface area contributed by atoms with Crippen LogP contribution in [0.5, 0.6) is 0 Å². The number of carbonyl (C=O) groups excluding carboxylic acids is 1. The maximum Gasteiger partial charge on any atom is 0.241 e. The molecule has 4 nitrogen and oxygen atoms in total. The van der Waals surface area contributed by atoms with Crippen molar-refractivity contribution in [3.63, 3.8) is 0 Å². The molecule has 0 aromatic heterocycles. The van der Waals surface area contributed by atoms with E-state index in [1.807, 2.05) is 0 Å². The minimum Gasteiger partial charge on any atom is -0.293 e. The van der Waals surface area contributed by atoms with Gasteiger partial charge in [-0.25, -0.2) is 17.5 Å². The van der Waals surface area contributed by atoms with Gasteiger partial charge in [-0.1, -0.05) is 20.8 Å². The summed E-state index contributed by atoms with van der Waals surface area (Å²) < 4.78 is 40.8. The molecule has 1 N–H and O–H groups in total. The van der Waals surface area contributed by atoms with E-state index in [9.17, 15) is 17.6 Å². The fourth-order valence-corrected chi connectivity index (χ4v) is 3.16. The zero-order valence-corrected chi connectivity index (χ0v) is 14.1. The predicted molar refractivity (Wildman–Crippen MR) is 80.3 cm³/mol. The van der Waals surface area contributed by atoms with Gasteiger partial charge in [-0.2, -0.15) is 0 Å². The Bertz CT molecular complexity index is 652. The summed E-state index contributed by atoms with van der Waals surface area (Å²) >= 11 is 0. The van der Waals surface area contributed by atoms with Crippen LogP contribution < -0.4 is 4.72 Å². The van der Waals surface area contributed by atoms with E-state index in [1.165, 1.54) is 0 Å². The van der Waals surface area contributed by atoms with E-state index < -0.39 is 32.6 Å². The molecule has 6 heteroatoms. The third kappa shape index (κ3) is 4.61. The first-order valence-corrected chi connectivity index (χ1v) is 8.11. The molecule has 0 aliphatic carbocycles. The number of rotatable bonds is 3. The third-order valence-corrected chi connectivity index (χ3v) is 4.37. The van der Waals surface area contributed by atoms with Crippen LogP contribution in [0.4, 0.5) is 4.39 Å². The number of Topliss-reactive ketones (excluding diaryl/α,β-unsaturated/α-hetero) is 1. The quantitative estimate of drug-likeness (QED) is 0.872. The second kappa shape index (κ2) is 5.50. The minimum atomic E-state index is -3.81. The van der Waals surface area contributed by atoms with Crippen LogP contribution in [0.1, 0.15) is 51.9 Å². The Morgan fingerprint density at radius 2 is 1.62 bits per heavy atom. The van der Waals surface area contributed by atoms with Crippen LogP contribution in [0.2, 0.25) is 0 Å². The van der Waals surface area contributed by atoms with Crippen LogP contribution in [0.25, 0.3) is 0 Å². The molecule has 0 aliphatic rings. The molecule has 0 heterocycles. The zero-order valence-electron chi connectivity index (χ0n) is 13.2. The zero-order chi connectivity index (χ0) is 16.6. The summed E-state index contributed by atoms with van der Waals surface area (Å²) in [7, 11) is -3.81. The van der Waals surface area contributed by atoms with Crippen molar-refractivity contribution in [3.8, 4) is 0 Å². The number of hydrogen-bond donors (Lipinski definition) is 1. The van der Waals surface area contributed by atoms with Crippen LogP contribution in [-0.4, -0.2) is 19.7 Å². The number of carbonyl (C=O) groups is 1. The molecule has 0 aliphatic heterocycles. The highest BCUT2D eigenvalue weighted by Crippen LogP contribution is 2.25. The molecule has 0 fully saturated rings. The number of ketones is 1. The van der Waals surface area contributed by atoms with Gasteiger partial charge in [-0.3, -0.25) is 4.79 Å². The van der Waals surface area contributed by atoms with Crippen LogP contribution in [-0.2, 0) is 10.0 Å². The van der Waals surface area contributed by atoms with E-state index in [2.05, 4.69) is 4.72 Å². The number of halogens is 1. The summed E-state index contributed by atoms with van der Waals surface area (Å²) in [5.41, 5.74) is -1.67. The Labute approximate surface area is 125 Å². The van der Waals surface area contributed by atoms with Gasteiger partial charge >= 0.3 is 0 Å². The van der Waals surface area contributed by atoms with Gasteiger partial charge in [0.15, 0.2) is 5.78 Å². The average Bonchev–Trinajstić information content (AvgIpc) is 2.23. The number of sulfonamides is 1. The van der Waals surface area contributed by atoms with Crippen molar-refractivity contribution in [2.75, 3.05) is 0 Å². The normalized spacial score (nSPS) is 13.3. The van der Waals surface area contributed by atoms with E-state index >= 15 is 0 Å². The van der Waals surface area contributed by atoms with Crippen molar-refractivity contribution in [1.82, 2.24) is 4.72 Å². The number of nitrogens with one attached hydrogen (secondary N) is 1. The van der Waals surface area contributed by atoms with Crippen molar-refractivity contribution in [3.05, 3.63) is 29.6 Å². The van der Waals surface area contributed by atoms with Crippen molar-refractivity contribution >= 4 is 15.8 Å². The molecule has 1 rings (SSSR count). The average molecular weight is 315 g/mol. The van der Waals surface area contributed by atoms with E-state index in [0.29, 0.717) is 0 Å². The van der Waals surface area contributed by atoms with Crippen LogP contribution in [0, 0.1) is 11.2 Å². The van der Waals surface area contributed by atoms with E-state index in [1.54, 1.807) is 41.5 Å². The van der Waals surface area contributed by atoms with Gasteiger partial charge < -0.3 is 0 Å². The fraction of sp³-hybridized carbons (Fsp3) is 0.533. The van der Waals surface area contributed by atoms with E-state index in [4.69, 9.17) is 0 Å². The molecule has 0 spiro atoms. The lowest BCUT2D eigenvalue weighted by atomic mass is 9.86. The van der Waals surface area contributed by atoms with Gasteiger partial charge in [0.2, 0.25) is 10.0 Å².